The minimum absolute atomic E-state index is 0.151. The first-order chi connectivity index (χ1) is 17.9. The number of hydrogen-bond donors (Lipinski definition) is 0. The molecule has 0 saturated heterocycles. The van der Waals surface area contributed by atoms with E-state index in [1.165, 1.54) is 6.92 Å². The normalized spacial score (nSPS) is 21.9. The molecular weight excluding hydrogens is 514 g/mol. The van der Waals surface area contributed by atoms with Crippen molar-refractivity contribution in [1.82, 2.24) is 4.90 Å². The maximum Gasteiger partial charge on any atom is 0.412 e. The number of carbonyl (C=O) groups excluding carboxylic acids is 3. The molecule has 0 unspecified atom stereocenters. The van der Waals surface area contributed by atoms with Gasteiger partial charge in [0.2, 0.25) is 8.32 Å². The van der Waals surface area contributed by atoms with Crippen LogP contribution in [-0.2, 0) is 33.8 Å². The first kappa shape index (κ1) is 30.5. The predicted molar refractivity (Wildman–Crippen MR) is 151 cm³/mol. The molecule has 2 aliphatic rings. The van der Waals surface area contributed by atoms with E-state index in [2.05, 4.69) is 33.9 Å². The predicted octanol–water partition coefficient (Wildman–Crippen LogP) is 6.23. The van der Waals surface area contributed by atoms with Gasteiger partial charge in [0.25, 0.3) is 0 Å². The van der Waals surface area contributed by atoms with Crippen molar-refractivity contribution in [2.24, 2.45) is 0 Å². The van der Waals surface area contributed by atoms with Gasteiger partial charge in [-0.15, -0.1) is 0 Å². The molecule has 1 aromatic rings. The smallest absolute Gasteiger partial charge is 0.412 e. The quantitative estimate of drug-likeness (QED) is 0.170. The fourth-order valence-electron chi connectivity index (χ4n) is 4.51. The summed E-state index contributed by atoms with van der Waals surface area (Å²) in [5, 5.41) is -0.151. The number of ether oxygens (including phenoxy) is 3. The van der Waals surface area contributed by atoms with Gasteiger partial charge in [0.15, 0.2) is 6.10 Å². The summed E-state index contributed by atoms with van der Waals surface area (Å²) in [4.78, 5) is 41.4. The molecule has 0 radical (unpaired) electrons. The molecule has 0 spiro atoms. The Bertz CT molecular complexity index is 1160. The van der Waals surface area contributed by atoms with Crippen molar-refractivity contribution >= 4 is 26.3 Å². The molecule has 2 heterocycles. The molecule has 0 saturated carbocycles. The zero-order valence-electron chi connectivity index (χ0n) is 24.9. The van der Waals surface area contributed by atoms with E-state index in [1.54, 1.807) is 32.6 Å². The van der Waals surface area contributed by atoms with E-state index in [1.807, 2.05) is 42.5 Å². The Labute approximate surface area is 233 Å². The van der Waals surface area contributed by atoms with E-state index in [-0.39, 0.29) is 23.6 Å². The summed E-state index contributed by atoms with van der Waals surface area (Å²) in [6, 6.07) is 8.86. The standard InChI is InChI=1S/C30H43NO7Si/c1-11-35-25(32)20(2)36-26(33)24-22-17-18-30(21-15-13-12-14-16-21,31(22)27(34)37-28(3,4)5)19-23(24)38-39(9,10)29(6,7)8/h12-18,20,22H,11,19H2,1-10H3/t20-,22+,30-/m0/s1. The molecule has 0 N–H and O–H groups in total. The van der Waals surface area contributed by atoms with Crippen LogP contribution >= 0.6 is 0 Å². The van der Waals surface area contributed by atoms with E-state index in [4.69, 9.17) is 18.6 Å². The number of carbonyl (C=O) groups is 3. The Kier molecular flexibility index (Phi) is 8.46. The molecule has 3 rings (SSSR count). The topological polar surface area (TPSA) is 91.4 Å². The number of nitrogens with zero attached hydrogens (tertiary/aromatic N) is 1. The van der Waals surface area contributed by atoms with Crippen LogP contribution in [-0.4, -0.2) is 55.6 Å². The second kappa shape index (κ2) is 10.8. The van der Waals surface area contributed by atoms with Gasteiger partial charge >= 0.3 is 18.0 Å². The fourth-order valence-corrected chi connectivity index (χ4v) is 5.61. The first-order valence-electron chi connectivity index (χ1n) is 13.5. The molecule has 8 nitrogen and oxygen atoms in total. The van der Waals surface area contributed by atoms with E-state index >= 15 is 0 Å². The number of amides is 1. The van der Waals surface area contributed by atoms with E-state index in [0.29, 0.717) is 5.76 Å². The molecule has 9 heteroatoms. The maximum absolute atomic E-state index is 13.8. The number of hydrogen-bond acceptors (Lipinski definition) is 7. The van der Waals surface area contributed by atoms with Gasteiger partial charge in [-0.3, -0.25) is 4.90 Å². The van der Waals surface area contributed by atoms with Crippen LogP contribution in [0, 0.1) is 0 Å². The highest BCUT2D eigenvalue weighted by Gasteiger charge is 2.56. The lowest BCUT2D eigenvalue weighted by molar-refractivity contribution is -0.164. The van der Waals surface area contributed by atoms with Crippen LogP contribution in [0.3, 0.4) is 0 Å². The number of esters is 2. The van der Waals surface area contributed by atoms with E-state index in [9.17, 15) is 14.4 Å². The van der Waals surface area contributed by atoms with Gasteiger partial charge in [-0.1, -0.05) is 63.3 Å². The van der Waals surface area contributed by atoms with Crippen molar-refractivity contribution in [1.29, 1.82) is 0 Å². The molecule has 39 heavy (non-hydrogen) atoms. The Morgan fingerprint density at radius 3 is 2.23 bits per heavy atom. The van der Waals surface area contributed by atoms with Crippen LogP contribution < -0.4 is 0 Å². The third kappa shape index (κ3) is 6.24. The number of benzene rings is 1. The summed E-state index contributed by atoms with van der Waals surface area (Å²) < 4.78 is 23.3. The van der Waals surface area contributed by atoms with Crippen LogP contribution in [0.1, 0.15) is 67.4 Å². The Hall–Kier alpha value is -3.07. The van der Waals surface area contributed by atoms with Crippen molar-refractivity contribution in [3.63, 3.8) is 0 Å². The van der Waals surface area contributed by atoms with Gasteiger partial charge < -0.3 is 18.6 Å². The second-order valence-corrected chi connectivity index (χ2v) is 17.3. The highest BCUT2D eigenvalue weighted by Crippen LogP contribution is 2.51. The highest BCUT2D eigenvalue weighted by atomic mass is 28.4. The van der Waals surface area contributed by atoms with Crippen molar-refractivity contribution in [3.05, 3.63) is 59.4 Å². The SMILES string of the molecule is CCOC(=O)[C@H](C)OC(=O)C1=C(O[Si](C)(C)C(C)(C)C)C[C@]2(c3ccccc3)C=C[C@H]1N2C(=O)OC(C)(C)C. The molecule has 1 aromatic carbocycles. The monoisotopic (exact) mass is 557 g/mol. The van der Waals surface area contributed by atoms with Crippen LogP contribution in [0.5, 0.6) is 0 Å². The maximum atomic E-state index is 13.8. The van der Waals surface area contributed by atoms with Crippen LogP contribution in [0.2, 0.25) is 18.1 Å². The fraction of sp³-hybridized carbons (Fsp3) is 0.567. The van der Waals surface area contributed by atoms with Gasteiger partial charge in [0.05, 0.1) is 29.5 Å². The van der Waals surface area contributed by atoms with E-state index < -0.39 is 49.6 Å². The summed E-state index contributed by atoms with van der Waals surface area (Å²) in [7, 11) is -2.43. The Balaban J connectivity index is 2.19. The van der Waals surface area contributed by atoms with Crippen molar-refractivity contribution in [2.45, 2.75) is 103 Å². The lowest BCUT2D eigenvalue weighted by Crippen LogP contribution is -2.56. The van der Waals surface area contributed by atoms with Crippen molar-refractivity contribution in [3.8, 4) is 0 Å². The molecular formula is C30H43NO7Si. The van der Waals surface area contributed by atoms with Crippen LogP contribution in [0.25, 0.3) is 0 Å². The third-order valence-electron chi connectivity index (χ3n) is 7.46. The molecule has 0 aromatic heterocycles. The number of fused-ring (bicyclic) bond motifs is 2. The second-order valence-electron chi connectivity index (χ2n) is 12.6. The molecule has 0 fully saturated rings. The largest absolute Gasteiger partial charge is 0.546 e. The minimum Gasteiger partial charge on any atom is -0.546 e. The summed E-state index contributed by atoms with van der Waals surface area (Å²) in [6.45, 7) is 19.3. The summed E-state index contributed by atoms with van der Waals surface area (Å²) in [6.07, 6.45) is 2.30. The molecule has 2 bridgehead atoms. The third-order valence-corrected chi connectivity index (χ3v) is 11.8. The summed E-state index contributed by atoms with van der Waals surface area (Å²) in [5.74, 6) is -0.893. The average molecular weight is 558 g/mol. The Morgan fingerprint density at radius 2 is 1.69 bits per heavy atom. The molecule has 3 atom stereocenters. The van der Waals surface area contributed by atoms with E-state index in [0.717, 1.165) is 5.56 Å². The Morgan fingerprint density at radius 1 is 1.08 bits per heavy atom. The van der Waals surface area contributed by atoms with Crippen LogP contribution in [0.4, 0.5) is 4.79 Å². The molecule has 0 aliphatic carbocycles. The molecule has 1 amide bonds. The van der Waals surface area contributed by atoms with Gasteiger partial charge in [-0.05, 0) is 58.3 Å². The highest BCUT2D eigenvalue weighted by molar-refractivity contribution is 6.74. The average Bonchev–Trinajstić information content (AvgIpc) is 3.09. The summed E-state index contributed by atoms with van der Waals surface area (Å²) in [5.41, 5.74) is -0.613. The molecule has 2 aliphatic heterocycles. The van der Waals surface area contributed by atoms with Gasteiger partial charge in [-0.25, -0.2) is 14.4 Å². The van der Waals surface area contributed by atoms with Gasteiger partial charge in [-0.2, -0.15) is 0 Å². The van der Waals surface area contributed by atoms with Gasteiger partial charge in [0, 0.05) is 6.42 Å². The lowest BCUT2D eigenvalue weighted by Gasteiger charge is -2.48. The number of rotatable bonds is 7. The van der Waals surface area contributed by atoms with Crippen molar-refractivity contribution < 1.29 is 33.0 Å². The minimum atomic E-state index is -2.43. The first-order valence-corrected chi connectivity index (χ1v) is 16.4. The lowest BCUT2D eigenvalue weighted by atomic mass is 9.82. The van der Waals surface area contributed by atoms with Crippen molar-refractivity contribution in [2.75, 3.05) is 6.61 Å². The molecule has 214 valence electrons. The van der Waals surface area contributed by atoms with Gasteiger partial charge in [0.1, 0.15) is 5.60 Å². The zero-order chi connectivity index (χ0) is 29.4. The van der Waals surface area contributed by atoms with Crippen LogP contribution in [0.15, 0.2) is 53.8 Å². The summed E-state index contributed by atoms with van der Waals surface area (Å²) >= 11 is 0. The zero-order valence-corrected chi connectivity index (χ0v) is 25.9.